The molecule has 0 bridgehead atoms. The number of nitrogens with zero attached hydrogens (tertiary/aromatic N) is 3. The zero-order valence-electron chi connectivity index (χ0n) is 12.4. The van der Waals surface area contributed by atoms with Crippen molar-refractivity contribution in [3.05, 3.63) is 18.2 Å². The molecule has 0 aliphatic carbocycles. The summed E-state index contributed by atoms with van der Waals surface area (Å²) < 4.78 is 7.15. The van der Waals surface area contributed by atoms with Crippen LogP contribution in [0.25, 0.3) is 0 Å². The third-order valence-corrected chi connectivity index (χ3v) is 2.89. The first kappa shape index (κ1) is 15.7. The van der Waals surface area contributed by atoms with E-state index in [2.05, 4.69) is 35.2 Å². The number of carbonyl (C=O) groups excluding carboxylic acids is 1. The molecule has 0 atom stereocenters. The first-order valence-electron chi connectivity index (χ1n) is 6.97. The highest BCUT2D eigenvalue weighted by Crippen LogP contribution is 2.11. The van der Waals surface area contributed by atoms with Gasteiger partial charge in [-0.15, -0.1) is 0 Å². The second-order valence-corrected chi connectivity index (χ2v) is 4.90. The van der Waals surface area contributed by atoms with Crippen LogP contribution >= 0.6 is 0 Å². The monoisotopic (exact) mass is 267 g/mol. The van der Waals surface area contributed by atoms with Crippen LogP contribution in [0.1, 0.15) is 45.9 Å². The predicted molar refractivity (Wildman–Crippen MR) is 74.8 cm³/mol. The van der Waals surface area contributed by atoms with Gasteiger partial charge in [-0.3, -0.25) is 9.69 Å². The van der Waals surface area contributed by atoms with Crippen molar-refractivity contribution in [3.8, 4) is 0 Å². The maximum absolute atomic E-state index is 11.6. The van der Waals surface area contributed by atoms with Crippen LogP contribution in [0.2, 0.25) is 0 Å². The summed E-state index contributed by atoms with van der Waals surface area (Å²) in [6.07, 6.45) is 4.72. The molecule has 0 radical (unpaired) electrons. The van der Waals surface area contributed by atoms with Gasteiger partial charge in [-0.2, -0.15) is 0 Å². The largest absolute Gasteiger partial charge is 0.465 e. The van der Waals surface area contributed by atoms with E-state index in [4.69, 9.17) is 4.74 Å². The van der Waals surface area contributed by atoms with Gasteiger partial charge in [0.25, 0.3) is 0 Å². The van der Waals surface area contributed by atoms with E-state index in [0.717, 1.165) is 25.2 Å². The minimum absolute atomic E-state index is 0.161. The average molecular weight is 267 g/mol. The Hall–Kier alpha value is -1.36. The lowest BCUT2D eigenvalue weighted by molar-refractivity contribution is -0.144. The molecule has 0 amide bonds. The van der Waals surface area contributed by atoms with Crippen LogP contribution in [0.3, 0.4) is 0 Å². The van der Waals surface area contributed by atoms with Crippen LogP contribution in [-0.4, -0.2) is 40.1 Å². The number of esters is 1. The molecule has 0 aromatic carbocycles. The Balaban J connectivity index is 2.66. The van der Waals surface area contributed by atoms with Crippen molar-refractivity contribution < 1.29 is 9.53 Å². The molecule has 0 saturated carbocycles. The van der Waals surface area contributed by atoms with E-state index in [9.17, 15) is 4.79 Å². The highest BCUT2D eigenvalue weighted by atomic mass is 16.5. The number of ether oxygens (including phenoxy) is 1. The SMILES string of the molecule is CCCN(CC(=O)OCC)Cc1cncn1C(C)C. The van der Waals surface area contributed by atoms with Crippen molar-refractivity contribution in [2.24, 2.45) is 0 Å². The highest BCUT2D eigenvalue weighted by Gasteiger charge is 2.14. The summed E-state index contributed by atoms with van der Waals surface area (Å²) in [5.41, 5.74) is 1.13. The number of imidazole rings is 1. The summed E-state index contributed by atoms with van der Waals surface area (Å²) in [7, 11) is 0. The fourth-order valence-electron chi connectivity index (χ4n) is 2.07. The summed E-state index contributed by atoms with van der Waals surface area (Å²) in [6.45, 7) is 10.6. The highest BCUT2D eigenvalue weighted by molar-refractivity contribution is 5.71. The summed E-state index contributed by atoms with van der Waals surface area (Å²) >= 11 is 0. The zero-order chi connectivity index (χ0) is 14.3. The molecule has 0 N–H and O–H groups in total. The maximum atomic E-state index is 11.6. The Morgan fingerprint density at radius 2 is 2.21 bits per heavy atom. The minimum atomic E-state index is -0.161. The van der Waals surface area contributed by atoms with Crippen LogP contribution in [-0.2, 0) is 16.1 Å². The van der Waals surface area contributed by atoms with Gasteiger partial charge in [0, 0.05) is 18.8 Å². The van der Waals surface area contributed by atoms with Gasteiger partial charge in [0.2, 0.25) is 0 Å². The van der Waals surface area contributed by atoms with Crippen LogP contribution in [0.5, 0.6) is 0 Å². The molecule has 19 heavy (non-hydrogen) atoms. The van der Waals surface area contributed by atoms with E-state index in [1.165, 1.54) is 0 Å². The van der Waals surface area contributed by atoms with E-state index >= 15 is 0 Å². The lowest BCUT2D eigenvalue weighted by Crippen LogP contribution is -2.32. The molecule has 0 spiro atoms. The summed E-state index contributed by atoms with van der Waals surface area (Å²) in [5.74, 6) is -0.161. The number of carbonyl (C=O) groups is 1. The Morgan fingerprint density at radius 1 is 1.47 bits per heavy atom. The van der Waals surface area contributed by atoms with Gasteiger partial charge in [0.15, 0.2) is 0 Å². The van der Waals surface area contributed by atoms with Crippen LogP contribution in [0, 0.1) is 0 Å². The zero-order valence-corrected chi connectivity index (χ0v) is 12.4. The van der Waals surface area contributed by atoms with Crippen molar-refractivity contribution in [2.75, 3.05) is 19.7 Å². The standard InChI is InChI=1S/C14H25N3O2/c1-5-7-16(10-14(18)19-6-2)9-13-8-15-11-17(13)12(3)4/h8,11-12H,5-7,9-10H2,1-4H3. The Labute approximate surface area is 115 Å². The van der Waals surface area contributed by atoms with Crippen LogP contribution in [0.4, 0.5) is 0 Å². The van der Waals surface area contributed by atoms with Gasteiger partial charge in [0.1, 0.15) is 0 Å². The molecule has 0 aliphatic rings. The van der Waals surface area contributed by atoms with Crippen molar-refractivity contribution in [1.29, 1.82) is 0 Å². The number of hydrogen-bond donors (Lipinski definition) is 0. The van der Waals surface area contributed by atoms with Crippen molar-refractivity contribution in [1.82, 2.24) is 14.5 Å². The Kier molecular flexibility index (Phi) is 6.56. The quantitative estimate of drug-likeness (QED) is 0.678. The van der Waals surface area contributed by atoms with E-state index in [-0.39, 0.29) is 5.97 Å². The Bertz CT molecular complexity index is 388. The molecule has 5 heteroatoms. The minimum Gasteiger partial charge on any atom is -0.465 e. The van der Waals surface area contributed by atoms with Crippen molar-refractivity contribution >= 4 is 5.97 Å². The summed E-state index contributed by atoms with van der Waals surface area (Å²) in [5, 5.41) is 0. The van der Waals surface area contributed by atoms with Gasteiger partial charge in [-0.25, -0.2) is 4.98 Å². The molecule has 0 saturated heterocycles. The normalized spacial score (nSPS) is 11.3. The molecular formula is C14H25N3O2. The third-order valence-electron chi connectivity index (χ3n) is 2.89. The molecule has 0 aliphatic heterocycles. The topological polar surface area (TPSA) is 47.4 Å². The van der Waals surface area contributed by atoms with Gasteiger partial charge in [0.05, 0.1) is 25.2 Å². The molecule has 1 rings (SSSR count). The van der Waals surface area contributed by atoms with Gasteiger partial charge in [-0.1, -0.05) is 6.92 Å². The lowest BCUT2D eigenvalue weighted by Gasteiger charge is -2.22. The molecule has 1 aromatic rings. The first-order valence-corrected chi connectivity index (χ1v) is 6.97. The number of hydrogen-bond acceptors (Lipinski definition) is 4. The third kappa shape index (κ3) is 5.03. The van der Waals surface area contributed by atoms with Crippen LogP contribution < -0.4 is 0 Å². The second-order valence-electron chi connectivity index (χ2n) is 4.90. The molecule has 0 unspecified atom stereocenters. The van der Waals surface area contributed by atoms with Crippen LogP contribution in [0.15, 0.2) is 12.5 Å². The van der Waals surface area contributed by atoms with Crippen molar-refractivity contribution in [3.63, 3.8) is 0 Å². The molecule has 0 fully saturated rings. The van der Waals surface area contributed by atoms with Gasteiger partial charge >= 0.3 is 5.97 Å². The second kappa shape index (κ2) is 7.94. The fourth-order valence-corrected chi connectivity index (χ4v) is 2.07. The molecule has 1 heterocycles. The maximum Gasteiger partial charge on any atom is 0.320 e. The number of rotatable bonds is 8. The van der Waals surface area contributed by atoms with Gasteiger partial charge < -0.3 is 9.30 Å². The van der Waals surface area contributed by atoms with E-state index in [1.54, 1.807) is 0 Å². The lowest BCUT2D eigenvalue weighted by atomic mass is 10.3. The molecular weight excluding hydrogens is 242 g/mol. The predicted octanol–water partition coefficient (Wildman–Crippen LogP) is 2.24. The summed E-state index contributed by atoms with van der Waals surface area (Å²) in [4.78, 5) is 17.9. The molecule has 5 nitrogen and oxygen atoms in total. The summed E-state index contributed by atoms with van der Waals surface area (Å²) in [6, 6.07) is 0.378. The molecule has 1 aromatic heterocycles. The first-order chi connectivity index (χ1) is 9.08. The van der Waals surface area contributed by atoms with Crippen molar-refractivity contribution in [2.45, 2.75) is 46.7 Å². The Morgan fingerprint density at radius 3 is 2.79 bits per heavy atom. The molecule has 108 valence electrons. The van der Waals surface area contributed by atoms with E-state index in [0.29, 0.717) is 19.2 Å². The van der Waals surface area contributed by atoms with Gasteiger partial charge in [-0.05, 0) is 33.7 Å². The van der Waals surface area contributed by atoms with E-state index in [1.807, 2.05) is 19.4 Å². The average Bonchev–Trinajstić information content (AvgIpc) is 2.77. The van der Waals surface area contributed by atoms with E-state index < -0.39 is 0 Å². The fraction of sp³-hybridized carbons (Fsp3) is 0.714. The smallest absolute Gasteiger partial charge is 0.320 e. The number of aromatic nitrogens is 2.